The zero-order chi connectivity index (χ0) is 17.5. The first-order valence-corrected chi connectivity index (χ1v) is 8.59. The Morgan fingerprint density at radius 3 is 2.36 bits per heavy atom. The average Bonchev–Trinajstić information content (AvgIpc) is 2.68. The number of hydrogen-bond donors (Lipinski definition) is 1. The van der Waals surface area contributed by atoms with Crippen LogP contribution in [-0.4, -0.2) is 32.3 Å². The number of oxime groups is 1. The number of nitrogens with one attached hydrogen (secondary N) is 1. The van der Waals surface area contributed by atoms with Crippen molar-refractivity contribution in [3.05, 3.63) is 59.7 Å². The van der Waals surface area contributed by atoms with Gasteiger partial charge in [0.1, 0.15) is 7.11 Å². The van der Waals surface area contributed by atoms with Crippen molar-refractivity contribution in [2.45, 2.75) is 19.3 Å². The minimum absolute atomic E-state index is 0.124. The molecule has 1 aliphatic rings. The van der Waals surface area contributed by atoms with E-state index in [2.05, 4.69) is 32.3 Å². The zero-order valence-corrected chi connectivity index (χ0v) is 14.4. The first kappa shape index (κ1) is 17.0. The molecule has 1 heterocycles. The molecule has 0 atom stereocenters. The number of hydrogen-bond acceptors (Lipinski definition) is 4. The highest BCUT2D eigenvalue weighted by Gasteiger charge is 2.11. The lowest BCUT2D eigenvalue weighted by molar-refractivity contribution is 0.102. The van der Waals surface area contributed by atoms with E-state index in [1.54, 1.807) is 18.3 Å². The topological polar surface area (TPSA) is 53.9 Å². The van der Waals surface area contributed by atoms with Gasteiger partial charge < -0.3 is 15.1 Å². The van der Waals surface area contributed by atoms with Crippen LogP contribution < -0.4 is 10.2 Å². The molecule has 2 aromatic rings. The second-order valence-electron chi connectivity index (χ2n) is 6.09. The maximum atomic E-state index is 12.3. The van der Waals surface area contributed by atoms with Gasteiger partial charge in [-0.25, -0.2) is 0 Å². The second kappa shape index (κ2) is 8.33. The molecule has 25 heavy (non-hydrogen) atoms. The van der Waals surface area contributed by atoms with Gasteiger partial charge in [0.05, 0.1) is 6.21 Å². The van der Waals surface area contributed by atoms with Gasteiger partial charge in [-0.3, -0.25) is 4.79 Å². The summed E-state index contributed by atoms with van der Waals surface area (Å²) in [6, 6.07) is 15.3. The molecule has 5 heteroatoms. The van der Waals surface area contributed by atoms with Gasteiger partial charge in [-0.2, -0.15) is 0 Å². The van der Waals surface area contributed by atoms with Crippen LogP contribution in [0, 0.1) is 0 Å². The maximum absolute atomic E-state index is 12.3. The van der Waals surface area contributed by atoms with Gasteiger partial charge in [0.2, 0.25) is 0 Å². The van der Waals surface area contributed by atoms with Crippen LogP contribution in [0.15, 0.2) is 53.7 Å². The summed E-state index contributed by atoms with van der Waals surface area (Å²) in [6.45, 7) is 2.23. The van der Waals surface area contributed by atoms with Gasteiger partial charge in [-0.15, -0.1) is 0 Å². The number of carbonyl (C=O) groups is 1. The van der Waals surface area contributed by atoms with Crippen LogP contribution in [0.25, 0.3) is 0 Å². The molecular weight excluding hydrogens is 314 g/mol. The van der Waals surface area contributed by atoms with Crippen molar-refractivity contribution >= 4 is 23.5 Å². The molecule has 130 valence electrons. The predicted molar refractivity (Wildman–Crippen MR) is 102 cm³/mol. The highest BCUT2D eigenvalue weighted by molar-refractivity contribution is 6.04. The molecule has 0 aromatic heterocycles. The van der Waals surface area contributed by atoms with Gasteiger partial charge in [0, 0.05) is 30.0 Å². The monoisotopic (exact) mass is 337 g/mol. The number of benzene rings is 2. The molecule has 0 saturated carbocycles. The largest absolute Gasteiger partial charge is 0.399 e. The number of anilines is 2. The molecule has 2 aromatic carbocycles. The quantitative estimate of drug-likeness (QED) is 0.665. The fourth-order valence-electron chi connectivity index (χ4n) is 2.95. The van der Waals surface area contributed by atoms with Crippen molar-refractivity contribution in [3.8, 4) is 0 Å². The highest BCUT2D eigenvalue weighted by Crippen LogP contribution is 2.22. The molecule has 1 amide bonds. The third kappa shape index (κ3) is 4.59. The standard InChI is InChI=1S/C20H23N3O2/c1-25-21-15-16-5-7-17(8-6-16)20(24)22-18-9-11-19(12-10-18)23-13-3-2-4-14-23/h5-12,15H,2-4,13-14H2,1H3,(H,22,24)/b21-15+. The molecule has 0 spiro atoms. The number of carbonyl (C=O) groups excluding carboxylic acids is 1. The van der Waals surface area contributed by atoms with Gasteiger partial charge in [0.25, 0.3) is 5.91 Å². The number of rotatable bonds is 5. The minimum atomic E-state index is -0.124. The van der Waals surface area contributed by atoms with E-state index in [0.717, 1.165) is 24.3 Å². The van der Waals surface area contributed by atoms with Gasteiger partial charge >= 0.3 is 0 Å². The lowest BCUT2D eigenvalue weighted by Crippen LogP contribution is -2.29. The Labute approximate surface area is 148 Å². The Bertz CT molecular complexity index is 718. The number of amides is 1. The highest BCUT2D eigenvalue weighted by atomic mass is 16.6. The van der Waals surface area contributed by atoms with Crippen LogP contribution in [0.2, 0.25) is 0 Å². The van der Waals surface area contributed by atoms with Gasteiger partial charge in [-0.1, -0.05) is 17.3 Å². The molecular formula is C20H23N3O2. The van der Waals surface area contributed by atoms with E-state index in [1.165, 1.54) is 32.1 Å². The normalized spacial score (nSPS) is 14.5. The lowest BCUT2D eigenvalue weighted by atomic mass is 10.1. The Balaban J connectivity index is 1.61. The lowest BCUT2D eigenvalue weighted by Gasteiger charge is -2.28. The van der Waals surface area contributed by atoms with E-state index in [-0.39, 0.29) is 5.91 Å². The third-order valence-electron chi connectivity index (χ3n) is 4.33. The zero-order valence-electron chi connectivity index (χ0n) is 14.4. The van der Waals surface area contributed by atoms with E-state index in [4.69, 9.17) is 0 Å². The summed E-state index contributed by atoms with van der Waals surface area (Å²) < 4.78 is 0. The van der Waals surface area contributed by atoms with E-state index in [9.17, 15) is 4.79 Å². The van der Waals surface area contributed by atoms with Gasteiger partial charge in [-0.05, 0) is 61.2 Å². The van der Waals surface area contributed by atoms with E-state index >= 15 is 0 Å². The van der Waals surface area contributed by atoms with Gasteiger partial charge in [0.15, 0.2) is 0 Å². The van der Waals surface area contributed by atoms with Crippen LogP contribution in [0.1, 0.15) is 35.2 Å². The fourth-order valence-corrected chi connectivity index (χ4v) is 2.95. The second-order valence-corrected chi connectivity index (χ2v) is 6.09. The van der Waals surface area contributed by atoms with Crippen molar-refractivity contribution in [2.75, 3.05) is 30.4 Å². The molecule has 1 N–H and O–H groups in total. The fraction of sp³-hybridized carbons (Fsp3) is 0.300. The molecule has 0 radical (unpaired) electrons. The summed E-state index contributed by atoms with van der Waals surface area (Å²) in [5, 5.41) is 6.64. The van der Waals surface area contributed by atoms with E-state index in [1.807, 2.05) is 24.3 Å². The van der Waals surface area contributed by atoms with Crippen molar-refractivity contribution in [3.63, 3.8) is 0 Å². The Morgan fingerprint density at radius 1 is 1.04 bits per heavy atom. The average molecular weight is 337 g/mol. The molecule has 0 aliphatic carbocycles. The van der Waals surface area contributed by atoms with Crippen molar-refractivity contribution < 1.29 is 9.63 Å². The van der Waals surface area contributed by atoms with Crippen LogP contribution in [0.4, 0.5) is 11.4 Å². The first-order valence-electron chi connectivity index (χ1n) is 8.59. The number of nitrogens with zero attached hydrogens (tertiary/aromatic N) is 2. The minimum Gasteiger partial charge on any atom is -0.399 e. The van der Waals surface area contributed by atoms with Crippen LogP contribution in [0.3, 0.4) is 0 Å². The Kier molecular flexibility index (Phi) is 5.67. The van der Waals surface area contributed by atoms with Crippen molar-refractivity contribution in [2.24, 2.45) is 5.16 Å². The van der Waals surface area contributed by atoms with Crippen LogP contribution >= 0.6 is 0 Å². The molecule has 5 nitrogen and oxygen atoms in total. The predicted octanol–water partition coefficient (Wildman–Crippen LogP) is 3.91. The summed E-state index contributed by atoms with van der Waals surface area (Å²) >= 11 is 0. The number of piperidine rings is 1. The SMILES string of the molecule is CO/N=C/c1ccc(C(=O)Nc2ccc(N3CCCCC3)cc2)cc1. The summed E-state index contributed by atoms with van der Waals surface area (Å²) in [5.41, 5.74) is 3.51. The Morgan fingerprint density at radius 2 is 1.72 bits per heavy atom. The molecule has 0 bridgehead atoms. The van der Waals surface area contributed by atoms with E-state index in [0.29, 0.717) is 5.56 Å². The van der Waals surface area contributed by atoms with Crippen LogP contribution in [-0.2, 0) is 4.84 Å². The summed E-state index contributed by atoms with van der Waals surface area (Å²) in [6.07, 6.45) is 5.43. The van der Waals surface area contributed by atoms with E-state index < -0.39 is 0 Å². The summed E-state index contributed by atoms with van der Waals surface area (Å²) in [7, 11) is 1.49. The summed E-state index contributed by atoms with van der Waals surface area (Å²) in [5.74, 6) is -0.124. The van der Waals surface area contributed by atoms with Crippen molar-refractivity contribution in [1.82, 2.24) is 0 Å². The Hall–Kier alpha value is -2.82. The molecule has 1 aliphatic heterocycles. The molecule has 3 rings (SSSR count). The smallest absolute Gasteiger partial charge is 0.255 e. The molecule has 1 fully saturated rings. The first-order chi connectivity index (χ1) is 12.3. The third-order valence-corrected chi connectivity index (χ3v) is 4.33. The van der Waals surface area contributed by atoms with Crippen molar-refractivity contribution in [1.29, 1.82) is 0 Å². The molecule has 1 saturated heterocycles. The maximum Gasteiger partial charge on any atom is 0.255 e. The molecule has 0 unspecified atom stereocenters. The summed E-state index contributed by atoms with van der Waals surface area (Å²) in [4.78, 5) is 19.4. The van der Waals surface area contributed by atoms with Crippen LogP contribution in [0.5, 0.6) is 0 Å².